The molecule has 0 saturated heterocycles. The van der Waals surface area contributed by atoms with Gasteiger partial charge in [-0.15, -0.1) is 0 Å². The first-order valence-corrected chi connectivity index (χ1v) is 3.92. The van der Waals surface area contributed by atoms with Crippen LogP contribution < -0.4 is 4.74 Å². The Morgan fingerprint density at radius 3 is 2.64 bits per heavy atom. The molecule has 0 amide bonds. The lowest BCUT2D eigenvalue weighted by atomic mass is 10.0. The number of ether oxygens (including phenoxy) is 1. The van der Waals surface area contributed by atoms with E-state index in [9.17, 15) is 4.79 Å². The molecule has 0 aliphatic heterocycles. The summed E-state index contributed by atoms with van der Waals surface area (Å²) in [6.07, 6.45) is 0. The summed E-state index contributed by atoms with van der Waals surface area (Å²) in [4.78, 5) is 10.8. The number of rotatable bonds is 2. The largest absolute Gasteiger partial charge is 0.495 e. The minimum atomic E-state index is -1.13. The molecule has 0 spiro atoms. The van der Waals surface area contributed by atoms with Crippen LogP contribution in [0.15, 0.2) is 12.1 Å². The van der Waals surface area contributed by atoms with Crippen LogP contribution in [0.1, 0.15) is 21.5 Å². The van der Waals surface area contributed by atoms with E-state index >= 15 is 0 Å². The number of nitrogens with zero attached hydrogens (tertiary/aromatic N) is 1. The van der Waals surface area contributed by atoms with Gasteiger partial charge in [0.05, 0.1) is 12.7 Å². The van der Waals surface area contributed by atoms with Crippen molar-refractivity contribution in [2.75, 3.05) is 7.11 Å². The third-order valence-electron chi connectivity index (χ3n) is 1.90. The van der Waals surface area contributed by atoms with Gasteiger partial charge in [0, 0.05) is 0 Å². The number of methoxy groups -OCH3 is 1. The molecule has 0 atom stereocenters. The van der Waals surface area contributed by atoms with Gasteiger partial charge in [0.2, 0.25) is 0 Å². The molecule has 1 rings (SSSR count). The Kier molecular flexibility index (Phi) is 2.73. The third-order valence-corrected chi connectivity index (χ3v) is 1.90. The summed E-state index contributed by atoms with van der Waals surface area (Å²) in [5.41, 5.74) is 0.781. The summed E-state index contributed by atoms with van der Waals surface area (Å²) in [7, 11) is 1.41. The van der Waals surface area contributed by atoms with E-state index in [1.54, 1.807) is 13.0 Å². The Labute approximate surface area is 81.4 Å². The maximum absolute atomic E-state index is 10.8. The van der Waals surface area contributed by atoms with Gasteiger partial charge in [0.25, 0.3) is 0 Å². The molecule has 1 N–H and O–H groups in total. The number of hydrogen-bond donors (Lipinski definition) is 1. The standard InChI is InChI=1S/C10H9NO3/c1-6-3-4-7(10(12)13)8(5-11)9(6)14-2/h3-4H,1-2H3,(H,12,13). The van der Waals surface area contributed by atoms with Crippen molar-refractivity contribution in [2.24, 2.45) is 0 Å². The Morgan fingerprint density at radius 1 is 1.57 bits per heavy atom. The number of carboxylic acid groups (broad SMARTS) is 1. The monoisotopic (exact) mass is 191 g/mol. The fraction of sp³-hybridized carbons (Fsp3) is 0.200. The highest BCUT2D eigenvalue weighted by molar-refractivity contribution is 5.91. The van der Waals surface area contributed by atoms with Gasteiger partial charge in [0.15, 0.2) is 0 Å². The number of nitriles is 1. The molecule has 4 heteroatoms. The Bertz CT molecular complexity index is 418. The van der Waals surface area contributed by atoms with Crippen LogP contribution in [0.25, 0.3) is 0 Å². The van der Waals surface area contributed by atoms with E-state index in [4.69, 9.17) is 15.1 Å². The molecule has 0 fully saturated rings. The average Bonchev–Trinajstić information content (AvgIpc) is 2.16. The highest BCUT2D eigenvalue weighted by atomic mass is 16.5. The van der Waals surface area contributed by atoms with Crippen LogP contribution in [0.3, 0.4) is 0 Å². The van der Waals surface area contributed by atoms with Gasteiger partial charge >= 0.3 is 5.97 Å². The first-order chi connectivity index (χ1) is 6.61. The minimum absolute atomic E-state index is 0.0325. The number of hydrogen-bond acceptors (Lipinski definition) is 3. The van der Waals surface area contributed by atoms with E-state index in [1.165, 1.54) is 13.2 Å². The van der Waals surface area contributed by atoms with E-state index in [0.29, 0.717) is 5.75 Å². The Morgan fingerprint density at radius 2 is 2.21 bits per heavy atom. The van der Waals surface area contributed by atoms with Crippen LogP contribution in [-0.2, 0) is 0 Å². The molecule has 0 aromatic heterocycles. The van der Waals surface area contributed by atoms with Crippen molar-refractivity contribution in [3.63, 3.8) is 0 Å². The molecular formula is C10H9NO3. The average molecular weight is 191 g/mol. The first kappa shape index (κ1) is 10.1. The minimum Gasteiger partial charge on any atom is -0.495 e. The van der Waals surface area contributed by atoms with Crippen molar-refractivity contribution < 1.29 is 14.6 Å². The SMILES string of the molecule is COc1c(C)ccc(C(=O)O)c1C#N. The van der Waals surface area contributed by atoms with E-state index in [-0.39, 0.29) is 11.1 Å². The van der Waals surface area contributed by atoms with Crippen molar-refractivity contribution in [1.82, 2.24) is 0 Å². The third kappa shape index (κ3) is 1.52. The zero-order chi connectivity index (χ0) is 10.7. The number of carbonyl (C=O) groups is 1. The van der Waals surface area contributed by atoms with Crippen molar-refractivity contribution in [2.45, 2.75) is 6.92 Å². The van der Waals surface area contributed by atoms with Crippen molar-refractivity contribution >= 4 is 5.97 Å². The predicted molar refractivity (Wildman–Crippen MR) is 49.4 cm³/mol. The topological polar surface area (TPSA) is 70.3 Å². The zero-order valence-electron chi connectivity index (χ0n) is 7.87. The second-order valence-electron chi connectivity index (χ2n) is 2.76. The van der Waals surface area contributed by atoms with Gasteiger partial charge in [-0.05, 0) is 18.6 Å². The van der Waals surface area contributed by atoms with E-state index in [2.05, 4.69) is 0 Å². The van der Waals surface area contributed by atoms with Crippen molar-refractivity contribution in [1.29, 1.82) is 5.26 Å². The highest BCUT2D eigenvalue weighted by Gasteiger charge is 2.16. The van der Waals surface area contributed by atoms with Gasteiger partial charge in [-0.1, -0.05) is 6.07 Å². The molecule has 0 aliphatic rings. The lowest BCUT2D eigenvalue weighted by Gasteiger charge is -2.08. The Balaban J connectivity index is 3.50. The Hall–Kier alpha value is -2.02. The lowest BCUT2D eigenvalue weighted by Crippen LogP contribution is -2.03. The lowest BCUT2D eigenvalue weighted by molar-refractivity contribution is 0.0696. The molecule has 0 heterocycles. The van der Waals surface area contributed by atoms with Crippen LogP contribution >= 0.6 is 0 Å². The van der Waals surface area contributed by atoms with Gasteiger partial charge < -0.3 is 9.84 Å². The molecular weight excluding hydrogens is 182 g/mol. The van der Waals surface area contributed by atoms with Crippen LogP contribution in [-0.4, -0.2) is 18.2 Å². The smallest absolute Gasteiger partial charge is 0.337 e. The fourth-order valence-electron chi connectivity index (χ4n) is 1.24. The van der Waals surface area contributed by atoms with Gasteiger partial charge in [-0.3, -0.25) is 0 Å². The summed E-state index contributed by atoms with van der Waals surface area (Å²) < 4.78 is 4.97. The van der Waals surface area contributed by atoms with Gasteiger partial charge in [-0.25, -0.2) is 4.79 Å². The molecule has 14 heavy (non-hydrogen) atoms. The summed E-state index contributed by atoms with van der Waals surface area (Å²) in [5, 5.41) is 17.6. The number of aryl methyl sites for hydroxylation is 1. The summed E-state index contributed by atoms with van der Waals surface area (Å²) in [6.45, 7) is 1.76. The highest BCUT2D eigenvalue weighted by Crippen LogP contribution is 2.25. The second-order valence-corrected chi connectivity index (χ2v) is 2.76. The zero-order valence-corrected chi connectivity index (χ0v) is 7.87. The molecule has 1 aromatic carbocycles. The van der Waals surface area contributed by atoms with Gasteiger partial charge in [0.1, 0.15) is 17.4 Å². The number of benzene rings is 1. The normalized spacial score (nSPS) is 9.21. The summed E-state index contributed by atoms with van der Waals surface area (Å²) in [6, 6.07) is 4.85. The fourth-order valence-corrected chi connectivity index (χ4v) is 1.24. The number of carboxylic acids is 1. The van der Waals surface area contributed by atoms with Crippen LogP contribution in [0.2, 0.25) is 0 Å². The molecule has 4 nitrogen and oxygen atoms in total. The molecule has 0 aliphatic carbocycles. The molecule has 0 bridgehead atoms. The molecule has 1 aromatic rings. The molecule has 0 unspecified atom stereocenters. The van der Waals surface area contributed by atoms with E-state index < -0.39 is 5.97 Å². The molecule has 0 radical (unpaired) electrons. The second kappa shape index (κ2) is 3.79. The van der Waals surface area contributed by atoms with Crippen LogP contribution in [0, 0.1) is 18.3 Å². The first-order valence-electron chi connectivity index (χ1n) is 3.92. The van der Waals surface area contributed by atoms with E-state index in [0.717, 1.165) is 5.56 Å². The summed E-state index contributed by atoms with van der Waals surface area (Å²) >= 11 is 0. The van der Waals surface area contributed by atoms with E-state index in [1.807, 2.05) is 6.07 Å². The van der Waals surface area contributed by atoms with Gasteiger partial charge in [-0.2, -0.15) is 5.26 Å². The number of aromatic carboxylic acids is 1. The van der Waals surface area contributed by atoms with Crippen LogP contribution in [0.4, 0.5) is 0 Å². The van der Waals surface area contributed by atoms with Crippen molar-refractivity contribution in [3.05, 3.63) is 28.8 Å². The van der Waals surface area contributed by atoms with Crippen molar-refractivity contribution in [3.8, 4) is 11.8 Å². The molecule has 72 valence electrons. The quantitative estimate of drug-likeness (QED) is 0.770. The van der Waals surface area contributed by atoms with Crippen LogP contribution in [0.5, 0.6) is 5.75 Å². The molecule has 0 saturated carbocycles. The maximum Gasteiger partial charge on any atom is 0.337 e. The maximum atomic E-state index is 10.8. The predicted octanol–water partition coefficient (Wildman–Crippen LogP) is 1.57. The summed E-state index contributed by atoms with van der Waals surface area (Å²) in [5.74, 6) is -0.799.